The van der Waals surface area contributed by atoms with E-state index in [4.69, 9.17) is 5.73 Å². The van der Waals surface area contributed by atoms with Crippen molar-refractivity contribution >= 4 is 21.4 Å². The summed E-state index contributed by atoms with van der Waals surface area (Å²) in [6.45, 7) is 0.564. The lowest BCUT2D eigenvalue weighted by Crippen LogP contribution is -2.19. The monoisotopic (exact) mass is 271 g/mol. The summed E-state index contributed by atoms with van der Waals surface area (Å²) in [5.41, 5.74) is 6.84. The second-order valence-corrected chi connectivity index (χ2v) is 5.93. The lowest BCUT2D eigenvalue weighted by atomic mass is 9.95. The number of fused-ring (bicyclic) bond motifs is 1. The molecule has 2 aromatic rings. The molecule has 96 valence electrons. The maximum absolute atomic E-state index is 12.6. The van der Waals surface area contributed by atoms with Gasteiger partial charge in [-0.1, -0.05) is 6.07 Å². The molecule has 1 aliphatic rings. The van der Waals surface area contributed by atoms with E-state index in [1.165, 1.54) is 6.07 Å². The minimum absolute atomic E-state index is 0.0223. The van der Waals surface area contributed by atoms with E-state index >= 15 is 0 Å². The molecule has 0 aliphatic heterocycles. The van der Waals surface area contributed by atoms with Gasteiger partial charge >= 0.3 is 6.18 Å². The average Bonchev–Trinajstić information content (AvgIpc) is 2.99. The van der Waals surface area contributed by atoms with Crippen molar-refractivity contribution in [2.75, 3.05) is 6.54 Å². The number of thiophene rings is 1. The number of alkyl halides is 3. The molecule has 18 heavy (non-hydrogen) atoms. The third kappa shape index (κ3) is 1.82. The molecule has 1 aromatic heterocycles. The Morgan fingerprint density at radius 3 is 2.50 bits per heavy atom. The SMILES string of the molecule is NCC1(c2ccc3sc(C(F)(F)F)cc3c2)CC1. The highest BCUT2D eigenvalue weighted by molar-refractivity contribution is 7.19. The second kappa shape index (κ2) is 3.71. The molecule has 0 spiro atoms. The van der Waals surface area contributed by atoms with Gasteiger partial charge in [-0.3, -0.25) is 0 Å². The van der Waals surface area contributed by atoms with Crippen LogP contribution in [0.5, 0.6) is 0 Å². The summed E-state index contributed by atoms with van der Waals surface area (Å²) >= 11 is 0.795. The first-order valence-corrected chi connectivity index (χ1v) is 6.58. The molecular weight excluding hydrogens is 259 g/mol. The predicted octanol–water partition coefficient (Wildman–Crippen LogP) is 3.91. The van der Waals surface area contributed by atoms with Crippen LogP contribution < -0.4 is 5.73 Å². The van der Waals surface area contributed by atoms with E-state index < -0.39 is 11.1 Å². The quantitative estimate of drug-likeness (QED) is 0.880. The number of hydrogen-bond acceptors (Lipinski definition) is 2. The van der Waals surface area contributed by atoms with E-state index in [0.29, 0.717) is 16.6 Å². The molecule has 0 amide bonds. The van der Waals surface area contributed by atoms with Crippen molar-refractivity contribution in [2.45, 2.75) is 24.4 Å². The van der Waals surface area contributed by atoms with Crippen LogP contribution in [-0.2, 0) is 11.6 Å². The fraction of sp³-hybridized carbons (Fsp3) is 0.385. The molecule has 1 aromatic carbocycles. The van der Waals surface area contributed by atoms with Crippen LogP contribution in [0.1, 0.15) is 23.3 Å². The molecule has 5 heteroatoms. The first kappa shape index (κ1) is 12.0. The van der Waals surface area contributed by atoms with Crippen LogP contribution in [0, 0.1) is 0 Å². The zero-order valence-electron chi connectivity index (χ0n) is 9.55. The van der Waals surface area contributed by atoms with Gasteiger partial charge in [0, 0.05) is 16.7 Å². The third-order valence-electron chi connectivity index (χ3n) is 3.65. The zero-order valence-corrected chi connectivity index (χ0v) is 10.4. The average molecular weight is 271 g/mol. The van der Waals surface area contributed by atoms with E-state index in [0.717, 1.165) is 29.7 Å². The molecule has 1 aliphatic carbocycles. The Morgan fingerprint density at radius 2 is 1.94 bits per heavy atom. The fourth-order valence-electron chi connectivity index (χ4n) is 2.27. The highest BCUT2D eigenvalue weighted by atomic mass is 32.1. The van der Waals surface area contributed by atoms with E-state index in [9.17, 15) is 13.2 Å². The first-order valence-electron chi connectivity index (χ1n) is 5.76. The first-order chi connectivity index (χ1) is 8.44. The Labute approximate surface area is 106 Å². The number of hydrogen-bond donors (Lipinski definition) is 1. The maximum atomic E-state index is 12.6. The van der Waals surface area contributed by atoms with Crippen LogP contribution in [0.3, 0.4) is 0 Å². The molecule has 1 fully saturated rings. The minimum Gasteiger partial charge on any atom is -0.330 e. The number of nitrogens with two attached hydrogens (primary N) is 1. The lowest BCUT2D eigenvalue weighted by Gasteiger charge is -2.12. The van der Waals surface area contributed by atoms with Crippen LogP contribution in [0.4, 0.5) is 13.2 Å². The van der Waals surface area contributed by atoms with Gasteiger partial charge < -0.3 is 5.73 Å². The number of halogens is 3. The van der Waals surface area contributed by atoms with Crippen molar-refractivity contribution < 1.29 is 13.2 Å². The summed E-state index contributed by atoms with van der Waals surface area (Å²) in [5.74, 6) is 0. The molecule has 3 rings (SSSR count). The van der Waals surface area contributed by atoms with Crippen molar-refractivity contribution in [1.82, 2.24) is 0 Å². The summed E-state index contributed by atoms with van der Waals surface area (Å²) in [5, 5.41) is 0.671. The van der Waals surface area contributed by atoms with Crippen LogP contribution in [0.25, 0.3) is 10.1 Å². The smallest absolute Gasteiger partial charge is 0.330 e. The molecular formula is C13H12F3NS. The third-order valence-corrected chi connectivity index (χ3v) is 4.81. The van der Waals surface area contributed by atoms with Crippen LogP contribution in [0.15, 0.2) is 24.3 Å². The normalized spacial score (nSPS) is 18.2. The van der Waals surface area contributed by atoms with Gasteiger partial charge in [0.25, 0.3) is 0 Å². The maximum Gasteiger partial charge on any atom is 0.425 e. The molecule has 0 atom stereocenters. The van der Waals surface area contributed by atoms with Gasteiger partial charge in [0.15, 0.2) is 0 Å². The Hall–Kier alpha value is -1.07. The van der Waals surface area contributed by atoms with Gasteiger partial charge in [-0.2, -0.15) is 13.2 Å². The molecule has 2 N–H and O–H groups in total. The molecule has 0 saturated heterocycles. The Balaban J connectivity index is 2.08. The summed E-state index contributed by atoms with van der Waals surface area (Å²) in [6, 6.07) is 6.79. The topological polar surface area (TPSA) is 26.0 Å². The minimum atomic E-state index is -4.25. The largest absolute Gasteiger partial charge is 0.425 e. The highest BCUT2D eigenvalue weighted by Gasteiger charge is 2.43. The summed E-state index contributed by atoms with van der Waals surface area (Å²) in [7, 11) is 0. The lowest BCUT2D eigenvalue weighted by molar-refractivity contribution is -0.134. The predicted molar refractivity (Wildman–Crippen MR) is 66.8 cm³/mol. The van der Waals surface area contributed by atoms with Gasteiger partial charge in [0.05, 0.1) is 0 Å². The van der Waals surface area contributed by atoms with Crippen molar-refractivity contribution in [2.24, 2.45) is 5.73 Å². The van der Waals surface area contributed by atoms with Gasteiger partial charge in [-0.05, 0) is 42.0 Å². The number of benzene rings is 1. The van der Waals surface area contributed by atoms with Gasteiger partial charge in [0.1, 0.15) is 4.88 Å². The molecule has 1 saturated carbocycles. The molecule has 0 bridgehead atoms. The Morgan fingerprint density at radius 1 is 1.22 bits per heavy atom. The van der Waals surface area contributed by atoms with Crippen molar-refractivity contribution in [1.29, 1.82) is 0 Å². The van der Waals surface area contributed by atoms with Crippen LogP contribution in [0.2, 0.25) is 0 Å². The fourth-order valence-corrected chi connectivity index (χ4v) is 3.18. The van der Waals surface area contributed by atoms with Crippen molar-refractivity contribution in [3.63, 3.8) is 0 Å². The summed E-state index contributed by atoms with van der Waals surface area (Å²) in [4.78, 5) is -0.535. The second-order valence-electron chi connectivity index (χ2n) is 4.85. The zero-order chi connectivity index (χ0) is 13.0. The standard InChI is InChI=1S/C13H12F3NS/c14-13(15,16)11-6-8-5-9(1-2-10(8)18-11)12(7-17)3-4-12/h1-2,5-6H,3-4,7,17H2. The summed E-state index contributed by atoms with van der Waals surface area (Å²) < 4.78 is 38.6. The Kier molecular flexibility index (Phi) is 2.47. The number of rotatable bonds is 2. The van der Waals surface area contributed by atoms with Gasteiger partial charge in [-0.25, -0.2) is 0 Å². The van der Waals surface area contributed by atoms with E-state index in [1.807, 2.05) is 12.1 Å². The summed E-state index contributed by atoms with van der Waals surface area (Å²) in [6.07, 6.45) is -2.19. The molecule has 0 radical (unpaired) electrons. The molecule has 1 nitrogen and oxygen atoms in total. The highest BCUT2D eigenvalue weighted by Crippen LogP contribution is 2.48. The van der Waals surface area contributed by atoms with E-state index in [2.05, 4.69) is 0 Å². The van der Waals surface area contributed by atoms with Gasteiger partial charge in [-0.15, -0.1) is 11.3 Å². The molecule has 1 heterocycles. The van der Waals surface area contributed by atoms with Crippen molar-refractivity contribution in [3.05, 3.63) is 34.7 Å². The van der Waals surface area contributed by atoms with E-state index in [-0.39, 0.29) is 5.41 Å². The van der Waals surface area contributed by atoms with Crippen LogP contribution >= 0.6 is 11.3 Å². The van der Waals surface area contributed by atoms with Crippen LogP contribution in [-0.4, -0.2) is 6.54 Å². The Bertz CT molecular complexity index is 596. The van der Waals surface area contributed by atoms with Gasteiger partial charge in [0.2, 0.25) is 0 Å². The molecule has 0 unspecified atom stereocenters. The van der Waals surface area contributed by atoms with Crippen molar-refractivity contribution in [3.8, 4) is 0 Å². The van der Waals surface area contributed by atoms with E-state index in [1.54, 1.807) is 6.07 Å².